The van der Waals surface area contributed by atoms with Crippen molar-refractivity contribution in [3.63, 3.8) is 0 Å². The fourth-order valence-corrected chi connectivity index (χ4v) is 1.46. The normalized spacial score (nSPS) is 12.9. The lowest BCUT2D eigenvalue weighted by Gasteiger charge is -2.22. The third kappa shape index (κ3) is 3.62. The van der Waals surface area contributed by atoms with Gasteiger partial charge in [0, 0.05) is 6.92 Å². The van der Waals surface area contributed by atoms with Gasteiger partial charge in [-0.25, -0.2) is 8.78 Å². The first-order valence-corrected chi connectivity index (χ1v) is 5.42. The summed E-state index contributed by atoms with van der Waals surface area (Å²) < 4.78 is 36.3. The standard InChI is InChI=1S/C12H15F2NO4/c1-7(17)19-9-4-3-8(5-10(9)18-2)11(15)12(13,14)6-16/h3-5,11,16H,6,15H2,1-2H3/t11-/m0/s1. The van der Waals surface area contributed by atoms with Crippen LogP contribution in [0.15, 0.2) is 18.2 Å². The zero-order valence-electron chi connectivity index (χ0n) is 10.5. The van der Waals surface area contributed by atoms with E-state index in [4.69, 9.17) is 20.3 Å². The molecule has 19 heavy (non-hydrogen) atoms. The zero-order valence-corrected chi connectivity index (χ0v) is 10.5. The summed E-state index contributed by atoms with van der Waals surface area (Å²) in [5.41, 5.74) is 5.45. The third-order valence-corrected chi connectivity index (χ3v) is 2.47. The SMILES string of the molecule is COc1cc([C@H](N)C(F)(F)CO)ccc1OC(C)=O. The molecule has 1 aromatic carbocycles. The van der Waals surface area contributed by atoms with Crippen LogP contribution in [0.4, 0.5) is 8.78 Å². The minimum atomic E-state index is -3.45. The molecule has 1 atom stereocenters. The predicted octanol–water partition coefficient (Wildman–Crippen LogP) is 1.25. The molecule has 3 N–H and O–H groups in total. The smallest absolute Gasteiger partial charge is 0.308 e. The Labute approximate surface area is 108 Å². The molecule has 0 bridgehead atoms. The molecule has 0 radical (unpaired) electrons. The van der Waals surface area contributed by atoms with E-state index in [1.165, 1.54) is 32.2 Å². The van der Waals surface area contributed by atoms with Crippen LogP contribution < -0.4 is 15.2 Å². The van der Waals surface area contributed by atoms with Crippen molar-refractivity contribution in [3.05, 3.63) is 23.8 Å². The van der Waals surface area contributed by atoms with E-state index >= 15 is 0 Å². The summed E-state index contributed by atoms with van der Waals surface area (Å²) in [6.07, 6.45) is 0. The number of aliphatic hydroxyl groups excluding tert-OH is 1. The van der Waals surface area contributed by atoms with E-state index in [9.17, 15) is 13.6 Å². The van der Waals surface area contributed by atoms with Crippen molar-refractivity contribution in [1.82, 2.24) is 0 Å². The summed E-state index contributed by atoms with van der Waals surface area (Å²) in [5.74, 6) is -3.79. The number of nitrogens with two attached hydrogens (primary N) is 1. The van der Waals surface area contributed by atoms with Gasteiger partial charge in [-0.15, -0.1) is 0 Å². The highest BCUT2D eigenvalue weighted by molar-refractivity contribution is 5.70. The Morgan fingerprint density at radius 3 is 2.58 bits per heavy atom. The molecule has 0 saturated carbocycles. The second-order valence-electron chi connectivity index (χ2n) is 3.90. The van der Waals surface area contributed by atoms with Crippen LogP contribution in [0, 0.1) is 0 Å². The summed E-state index contributed by atoms with van der Waals surface area (Å²) in [6.45, 7) is -0.152. The lowest BCUT2D eigenvalue weighted by atomic mass is 10.0. The Bertz CT molecular complexity index is 465. The van der Waals surface area contributed by atoms with E-state index in [0.717, 1.165) is 0 Å². The molecule has 0 saturated heterocycles. The van der Waals surface area contributed by atoms with Crippen LogP contribution >= 0.6 is 0 Å². The number of alkyl halides is 2. The Kier molecular flexibility index (Phi) is 4.79. The number of methoxy groups -OCH3 is 1. The van der Waals surface area contributed by atoms with Crippen LogP contribution in [0.1, 0.15) is 18.5 Å². The van der Waals surface area contributed by atoms with E-state index < -0.39 is 24.5 Å². The van der Waals surface area contributed by atoms with Gasteiger partial charge in [-0.05, 0) is 17.7 Å². The molecule has 1 aromatic rings. The number of carbonyl (C=O) groups excluding carboxylic acids is 1. The van der Waals surface area contributed by atoms with Gasteiger partial charge in [0.1, 0.15) is 6.61 Å². The van der Waals surface area contributed by atoms with Crippen molar-refractivity contribution in [2.45, 2.75) is 18.9 Å². The number of benzene rings is 1. The van der Waals surface area contributed by atoms with E-state index in [-0.39, 0.29) is 17.1 Å². The van der Waals surface area contributed by atoms with Crippen molar-refractivity contribution in [2.75, 3.05) is 13.7 Å². The maximum absolute atomic E-state index is 13.3. The lowest BCUT2D eigenvalue weighted by molar-refractivity contribution is -0.132. The van der Waals surface area contributed by atoms with Crippen LogP contribution in [-0.2, 0) is 4.79 Å². The topological polar surface area (TPSA) is 81.8 Å². The van der Waals surface area contributed by atoms with E-state index in [1.54, 1.807) is 0 Å². The molecule has 0 heterocycles. The van der Waals surface area contributed by atoms with Gasteiger partial charge in [-0.3, -0.25) is 4.79 Å². The molecule has 0 fully saturated rings. The third-order valence-electron chi connectivity index (χ3n) is 2.47. The van der Waals surface area contributed by atoms with E-state index in [2.05, 4.69) is 0 Å². The molecule has 0 aliphatic carbocycles. The average Bonchev–Trinajstić information content (AvgIpc) is 2.37. The first-order valence-electron chi connectivity index (χ1n) is 5.42. The second-order valence-corrected chi connectivity index (χ2v) is 3.90. The molecule has 5 nitrogen and oxygen atoms in total. The van der Waals surface area contributed by atoms with Gasteiger partial charge in [-0.1, -0.05) is 6.07 Å². The fourth-order valence-electron chi connectivity index (χ4n) is 1.46. The molecular weight excluding hydrogens is 260 g/mol. The summed E-state index contributed by atoms with van der Waals surface area (Å²) in [6, 6.07) is 2.16. The Hall–Kier alpha value is -1.73. The summed E-state index contributed by atoms with van der Waals surface area (Å²) in [7, 11) is 1.31. The van der Waals surface area contributed by atoms with Gasteiger partial charge in [0.05, 0.1) is 13.2 Å². The monoisotopic (exact) mass is 275 g/mol. The molecule has 0 amide bonds. The minimum Gasteiger partial charge on any atom is -0.493 e. The molecular formula is C12H15F2NO4. The Balaban J connectivity index is 3.09. The van der Waals surface area contributed by atoms with Gasteiger partial charge < -0.3 is 20.3 Å². The number of hydrogen-bond donors (Lipinski definition) is 2. The number of hydrogen-bond acceptors (Lipinski definition) is 5. The van der Waals surface area contributed by atoms with Gasteiger partial charge in [-0.2, -0.15) is 0 Å². The highest BCUT2D eigenvalue weighted by Gasteiger charge is 2.37. The maximum Gasteiger partial charge on any atom is 0.308 e. The quantitative estimate of drug-likeness (QED) is 0.624. The fraction of sp³-hybridized carbons (Fsp3) is 0.417. The summed E-state index contributed by atoms with van der Waals surface area (Å²) >= 11 is 0. The molecule has 0 aromatic heterocycles. The molecule has 106 valence electrons. The van der Waals surface area contributed by atoms with Gasteiger partial charge in [0.2, 0.25) is 0 Å². The Morgan fingerprint density at radius 1 is 1.47 bits per heavy atom. The number of ether oxygens (including phenoxy) is 2. The molecule has 0 aliphatic rings. The van der Waals surface area contributed by atoms with Crippen molar-refractivity contribution < 1.29 is 28.2 Å². The van der Waals surface area contributed by atoms with Gasteiger partial charge in [0.25, 0.3) is 5.92 Å². The molecule has 7 heteroatoms. The molecule has 0 unspecified atom stereocenters. The average molecular weight is 275 g/mol. The van der Waals surface area contributed by atoms with E-state index in [1.807, 2.05) is 0 Å². The number of aliphatic hydroxyl groups is 1. The van der Waals surface area contributed by atoms with Crippen LogP contribution in [0.5, 0.6) is 11.5 Å². The van der Waals surface area contributed by atoms with Crippen LogP contribution in [0.2, 0.25) is 0 Å². The van der Waals surface area contributed by atoms with Crippen molar-refractivity contribution in [3.8, 4) is 11.5 Å². The summed E-state index contributed by atoms with van der Waals surface area (Å²) in [5, 5.41) is 8.60. The number of halogens is 2. The molecule has 0 aliphatic heterocycles. The first kappa shape index (κ1) is 15.3. The highest BCUT2D eigenvalue weighted by Crippen LogP contribution is 2.34. The van der Waals surface area contributed by atoms with Crippen LogP contribution in [0.3, 0.4) is 0 Å². The lowest BCUT2D eigenvalue weighted by Crippen LogP contribution is -2.36. The predicted molar refractivity (Wildman–Crippen MR) is 63.3 cm³/mol. The zero-order chi connectivity index (χ0) is 14.6. The summed E-state index contributed by atoms with van der Waals surface area (Å²) in [4.78, 5) is 10.9. The number of esters is 1. The van der Waals surface area contributed by atoms with Crippen LogP contribution in [-0.4, -0.2) is 30.7 Å². The number of carbonyl (C=O) groups is 1. The maximum atomic E-state index is 13.3. The molecule has 1 rings (SSSR count). The molecule has 0 spiro atoms. The minimum absolute atomic E-state index is 0.0619. The Morgan fingerprint density at radius 2 is 2.11 bits per heavy atom. The van der Waals surface area contributed by atoms with Gasteiger partial charge in [0.15, 0.2) is 11.5 Å². The second kappa shape index (κ2) is 5.94. The van der Waals surface area contributed by atoms with Crippen molar-refractivity contribution >= 4 is 5.97 Å². The largest absolute Gasteiger partial charge is 0.493 e. The van der Waals surface area contributed by atoms with Gasteiger partial charge >= 0.3 is 5.97 Å². The van der Waals surface area contributed by atoms with E-state index in [0.29, 0.717) is 0 Å². The van der Waals surface area contributed by atoms with Crippen molar-refractivity contribution in [2.24, 2.45) is 5.73 Å². The number of rotatable bonds is 5. The van der Waals surface area contributed by atoms with Crippen molar-refractivity contribution in [1.29, 1.82) is 0 Å². The first-order chi connectivity index (χ1) is 8.81. The van der Waals surface area contributed by atoms with Crippen LogP contribution in [0.25, 0.3) is 0 Å². The highest BCUT2D eigenvalue weighted by atomic mass is 19.3.